The highest BCUT2D eigenvalue weighted by atomic mass is 19.1. The zero-order valence-corrected chi connectivity index (χ0v) is 9.33. The van der Waals surface area contributed by atoms with E-state index >= 15 is 0 Å². The fourth-order valence-corrected chi connectivity index (χ4v) is 1.09. The summed E-state index contributed by atoms with van der Waals surface area (Å²) in [4.78, 5) is 22.2. The van der Waals surface area contributed by atoms with Crippen LogP contribution in [0.4, 0.5) is 14.9 Å². The van der Waals surface area contributed by atoms with Gasteiger partial charge in [-0.25, -0.2) is 9.18 Å². The molecule has 0 aliphatic heterocycles. The molecule has 2 amide bonds. The topological polar surface area (TPSA) is 67.4 Å². The Morgan fingerprint density at radius 2 is 2.06 bits per heavy atom. The van der Waals surface area contributed by atoms with Crippen LogP contribution in [0.5, 0.6) is 0 Å². The Morgan fingerprint density at radius 1 is 1.35 bits per heavy atom. The average Bonchev–Trinajstić information content (AvgIpc) is 2.30. The zero-order chi connectivity index (χ0) is 12.7. The van der Waals surface area contributed by atoms with Gasteiger partial charge in [-0.3, -0.25) is 4.79 Å². The summed E-state index contributed by atoms with van der Waals surface area (Å²) >= 11 is 0. The number of ether oxygens (including phenoxy) is 1. The van der Waals surface area contributed by atoms with Gasteiger partial charge in [-0.2, -0.15) is 0 Å². The Hall–Kier alpha value is -2.11. The van der Waals surface area contributed by atoms with Crippen LogP contribution < -0.4 is 10.6 Å². The van der Waals surface area contributed by atoms with Crippen LogP contribution in [0.2, 0.25) is 0 Å². The molecule has 92 valence electrons. The van der Waals surface area contributed by atoms with Crippen molar-refractivity contribution in [1.29, 1.82) is 0 Å². The molecule has 0 atom stereocenters. The molecule has 17 heavy (non-hydrogen) atoms. The lowest BCUT2D eigenvalue weighted by Gasteiger charge is -2.07. The van der Waals surface area contributed by atoms with E-state index in [2.05, 4.69) is 15.4 Å². The Balaban J connectivity index is 2.40. The maximum atomic E-state index is 13.1. The van der Waals surface area contributed by atoms with Crippen molar-refractivity contribution in [1.82, 2.24) is 5.32 Å². The molecule has 0 bridgehead atoms. The first-order chi connectivity index (χ1) is 8.13. The summed E-state index contributed by atoms with van der Waals surface area (Å²) in [5, 5.41) is 4.55. The van der Waals surface area contributed by atoms with E-state index in [0.717, 1.165) is 0 Å². The van der Waals surface area contributed by atoms with Crippen molar-refractivity contribution in [2.24, 2.45) is 0 Å². The van der Waals surface area contributed by atoms with E-state index in [4.69, 9.17) is 0 Å². The molecule has 6 heteroatoms. The third-order valence-corrected chi connectivity index (χ3v) is 1.82. The van der Waals surface area contributed by atoms with Gasteiger partial charge >= 0.3 is 6.09 Å². The molecule has 0 saturated carbocycles. The fourth-order valence-electron chi connectivity index (χ4n) is 1.09. The molecule has 0 aliphatic rings. The van der Waals surface area contributed by atoms with Gasteiger partial charge in [0.2, 0.25) is 5.91 Å². The molecule has 0 unspecified atom stereocenters. The molecule has 0 aromatic heterocycles. The molecule has 1 rings (SSSR count). The summed E-state index contributed by atoms with van der Waals surface area (Å²) in [6.45, 7) is 1.60. The van der Waals surface area contributed by atoms with E-state index in [1.165, 1.54) is 18.2 Å². The maximum absolute atomic E-state index is 13.1. The minimum atomic E-state index is -0.684. The number of hydrogen-bond acceptors (Lipinski definition) is 3. The van der Waals surface area contributed by atoms with E-state index in [1.54, 1.807) is 13.0 Å². The van der Waals surface area contributed by atoms with E-state index in [0.29, 0.717) is 0 Å². The van der Waals surface area contributed by atoms with Crippen molar-refractivity contribution in [3.05, 3.63) is 30.1 Å². The van der Waals surface area contributed by atoms with Crippen molar-refractivity contribution < 1.29 is 18.7 Å². The molecular formula is C11H13FN2O3. The molecule has 2 N–H and O–H groups in total. The molecule has 0 aliphatic carbocycles. The number of benzene rings is 1. The Morgan fingerprint density at radius 3 is 2.71 bits per heavy atom. The lowest BCUT2D eigenvalue weighted by Crippen LogP contribution is -2.33. The lowest BCUT2D eigenvalue weighted by atomic mass is 10.3. The number of nitrogens with one attached hydrogen (secondary N) is 2. The number of amides is 2. The minimum absolute atomic E-state index is 0.0724. The molecule has 0 spiro atoms. The highest BCUT2D eigenvalue weighted by Crippen LogP contribution is 2.11. The van der Waals surface area contributed by atoms with Crippen molar-refractivity contribution in [2.75, 3.05) is 18.5 Å². The zero-order valence-electron chi connectivity index (χ0n) is 9.33. The third kappa shape index (κ3) is 4.50. The van der Waals surface area contributed by atoms with Crippen LogP contribution in [-0.2, 0) is 9.53 Å². The van der Waals surface area contributed by atoms with Crippen LogP contribution in [0.25, 0.3) is 0 Å². The highest BCUT2D eigenvalue weighted by Gasteiger charge is 2.08. The first-order valence-corrected chi connectivity index (χ1v) is 5.08. The normalized spacial score (nSPS) is 9.53. The van der Waals surface area contributed by atoms with Gasteiger partial charge in [0.25, 0.3) is 0 Å². The van der Waals surface area contributed by atoms with Gasteiger partial charge in [-0.05, 0) is 19.1 Å². The number of para-hydroxylation sites is 1. The number of alkyl carbamates (subject to hydrolysis) is 1. The monoisotopic (exact) mass is 240 g/mol. The van der Waals surface area contributed by atoms with Gasteiger partial charge in [0, 0.05) is 0 Å². The smallest absolute Gasteiger partial charge is 0.407 e. The van der Waals surface area contributed by atoms with E-state index in [9.17, 15) is 14.0 Å². The van der Waals surface area contributed by atoms with Crippen LogP contribution >= 0.6 is 0 Å². The Labute approximate surface area is 98.0 Å². The summed E-state index contributed by atoms with van der Waals surface area (Å²) in [6.07, 6.45) is -0.684. The molecule has 1 aromatic rings. The molecule has 1 aromatic carbocycles. The van der Waals surface area contributed by atoms with E-state index < -0.39 is 17.8 Å². The minimum Gasteiger partial charge on any atom is -0.450 e. The Kier molecular flexibility index (Phi) is 4.93. The van der Waals surface area contributed by atoms with Gasteiger partial charge in [-0.15, -0.1) is 0 Å². The lowest BCUT2D eigenvalue weighted by molar-refractivity contribution is -0.115. The van der Waals surface area contributed by atoms with Gasteiger partial charge in [0.05, 0.1) is 12.3 Å². The van der Waals surface area contributed by atoms with Crippen LogP contribution in [0.1, 0.15) is 6.92 Å². The number of rotatable bonds is 4. The van der Waals surface area contributed by atoms with Gasteiger partial charge in [0.1, 0.15) is 12.4 Å². The molecular weight excluding hydrogens is 227 g/mol. The van der Waals surface area contributed by atoms with Crippen molar-refractivity contribution in [2.45, 2.75) is 6.92 Å². The average molecular weight is 240 g/mol. The van der Waals surface area contributed by atoms with Crippen LogP contribution in [0.15, 0.2) is 24.3 Å². The van der Waals surface area contributed by atoms with Crippen LogP contribution in [0, 0.1) is 5.82 Å². The van der Waals surface area contributed by atoms with Crippen LogP contribution in [-0.4, -0.2) is 25.2 Å². The van der Waals surface area contributed by atoms with Crippen molar-refractivity contribution in [3.8, 4) is 0 Å². The summed E-state index contributed by atoms with van der Waals surface area (Å²) in [5.41, 5.74) is 0.0724. The van der Waals surface area contributed by atoms with Crippen molar-refractivity contribution >= 4 is 17.7 Å². The molecule has 5 nitrogen and oxygen atoms in total. The summed E-state index contributed by atoms with van der Waals surface area (Å²) in [7, 11) is 0. The summed E-state index contributed by atoms with van der Waals surface area (Å²) in [5.74, 6) is -1.06. The predicted octanol–water partition coefficient (Wildman–Crippen LogP) is 1.51. The molecule has 0 heterocycles. The van der Waals surface area contributed by atoms with Gasteiger partial charge in [-0.1, -0.05) is 12.1 Å². The second kappa shape index (κ2) is 6.47. The third-order valence-electron chi connectivity index (χ3n) is 1.82. The maximum Gasteiger partial charge on any atom is 0.407 e. The number of carbonyl (C=O) groups excluding carboxylic acids is 2. The number of anilines is 1. The number of halogens is 1. The second-order valence-corrected chi connectivity index (χ2v) is 3.10. The standard InChI is InChI=1S/C11H13FN2O3/c1-2-17-11(16)13-7-10(15)14-9-6-4-3-5-8(9)12/h3-6H,2,7H2,1H3,(H,13,16)(H,14,15). The quantitative estimate of drug-likeness (QED) is 0.838. The first kappa shape index (κ1) is 13.0. The fraction of sp³-hybridized carbons (Fsp3) is 0.273. The van der Waals surface area contributed by atoms with E-state index in [-0.39, 0.29) is 18.8 Å². The molecule has 0 radical (unpaired) electrons. The first-order valence-electron chi connectivity index (χ1n) is 5.08. The molecule has 0 fully saturated rings. The SMILES string of the molecule is CCOC(=O)NCC(=O)Nc1ccccc1F. The Bertz CT molecular complexity index is 409. The van der Waals surface area contributed by atoms with Crippen LogP contribution in [0.3, 0.4) is 0 Å². The highest BCUT2D eigenvalue weighted by molar-refractivity contribution is 5.93. The van der Waals surface area contributed by atoms with Gasteiger partial charge in [0.15, 0.2) is 0 Å². The largest absolute Gasteiger partial charge is 0.450 e. The predicted molar refractivity (Wildman–Crippen MR) is 60.1 cm³/mol. The molecule has 0 saturated heterocycles. The summed E-state index contributed by atoms with van der Waals surface area (Å²) < 4.78 is 17.7. The summed E-state index contributed by atoms with van der Waals surface area (Å²) in [6, 6.07) is 5.77. The van der Waals surface area contributed by atoms with Gasteiger partial charge < -0.3 is 15.4 Å². The number of carbonyl (C=O) groups is 2. The van der Waals surface area contributed by atoms with Crippen molar-refractivity contribution in [3.63, 3.8) is 0 Å². The number of hydrogen-bond donors (Lipinski definition) is 2. The second-order valence-electron chi connectivity index (χ2n) is 3.10. The van der Waals surface area contributed by atoms with E-state index in [1.807, 2.05) is 0 Å².